The van der Waals surface area contributed by atoms with Gasteiger partial charge in [0.1, 0.15) is 12.0 Å². The molecule has 0 unspecified atom stereocenters. The zero-order valence-electron chi connectivity index (χ0n) is 9.51. The van der Waals surface area contributed by atoms with Gasteiger partial charge >= 0.3 is 5.97 Å². The molecule has 0 aromatic carbocycles. The van der Waals surface area contributed by atoms with E-state index in [0.717, 1.165) is 6.20 Å². The number of carboxylic acid groups (broad SMARTS) is 1. The van der Waals surface area contributed by atoms with Crippen molar-refractivity contribution < 1.29 is 14.8 Å². The Morgan fingerprint density at radius 2 is 2.24 bits per heavy atom. The van der Waals surface area contributed by atoms with Crippen LogP contribution in [0.15, 0.2) is 18.3 Å². The Kier molecular flexibility index (Phi) is 3.62. The maximum Gasteiger partial charge on any atom is 0.305 e. The molecule has 0 aliphatic heterocycles. The number of pyridine rings is 1. The molecular weight excluding hydrogens is 226 g/mol. The van der Waals surface area contributed by atoms with Gasteiger partial charge in [-0.25, -0.2) is 4.98 Å². The maximum absolute atomic E-state index is 10.6. The van der Waals surface area contributed by atoms with Crippen LogP contribution in [-0.4, -0.2) is 26.5 Å². The first-order valence-electron chi connectivity index (χ1n) is 4.90. The quantitative estimate of drug-likeness (QED) is 0.597. The fraction of sp³-hybridized carbons (Fsp3) is 0.400. The first-order chi connectivity index (χ1) is 7.80. The Hall–Kier alpha value is -2.18. The van der Waals surface area contributed by atoms with Crippen LogP contribution < -0.4 is 5.32 Å². The predicted molar refractivity (Wildman–Crippen MR) is 60.8 cm³/mol. The van der Waals surface area contributed by atoms with Gasteiger partial charge < -0.3 is 10.4 Å². The van der Waals surface area contributed by atoms with Crippen molar-refractivity contribution in [2.75, 3.05) is 5.32 Å². The monoisotopic (exact) mass is 239 g/mol. The summed E-state index contributed by atoms with van der Waals surface area (Å²) in [6, 6.07) is 2.76. The number of nitrogens with zero attached hydrogens (tertiary/aromatic N) is 2. The summed E-state index contributed by atoms with van der Waals surface area (Å²) in [4.78, 5) is 24.3. The summed E-state index contributed by atoms with van der Waals surface area (Å²) in [6.07, 6.45) is 1.05. The summed E-state index contributed by atoms with van der Waals surface area (Å²) in [7, 11) is 0. The van der Waals surface area contributed by atoms with E-state index in [1.54, 1.807) is 13.8 Å². The number of nitrogens with one attached hydrogen (secondary N) is 1. The van der Waals surface area contributed by atoms with Crippen LogP contribution in [0, 0.1) is 10.1 Å². The average Bonchev–Trinajstić information content (AvgIpc) is 2.15. The molecule has 0 amide bonds. The van der Waals surface area contributed by atoms with E-state index in [1.807, 2.05) is 0 Å². The number of aromatic nitrogens is 1. The molecule has 1 heterocycles. The van der Waals surface area contributed by atoms with Gasteiger partial charge in [-0.1, -0.05) is 0 Å². The molecule has 2 N–H and O–H groups in total. The predicted octanol–water partition coefficient (Wildman–Crippen LogP) is 1.65. The van der Waals surface area contributed by atoms with Crippen LogP contribution in [0.5, 0.6) is 0 Å². The number of anilines is 1. The fourth-order valence-corrected chi connectivity index (χ4v) is 1.34. The molecule has 1 aromatic heterocycles. The largest absolute Gasteiger partial charge is 0.481 e. The lowest BCUT2D eigenvalue weighted by molar-refractivity contribution is -0.385. The summed E-state index contributed by atoms with van der Waals surface area (Å²) in [5.74, 6) is -0.522. The van der Waals surface area contributed by atoms with Gasteiger partial charge in [0.25, 0.3) is 5.69 Å². The Morgan fingerprint density at radius 3 is 2.65 bits per heavy atom. The maximum atomic E-state index is 10.6. The number of rotatable bonds is 5. The highest BCUT2D eigenvalue weighted by Crippen LogP contribution is 2.18. The minimum Gasteiger partial charge on any atom is -0.481 e. The highest BCUT2D eigenvalue weighted by molar-refractivity contribution is 5.69. The second kappa shape index (κ2) is 4.77. The third kappa shape index (κ3) is 4.06. The van der Waals surface area contributed by atoms with Crippen LogP contribution in [-0.2, 0) is 4.79 Å². The molecule has 0 fully saturated rings. The lowest BCUT2D eigenvalue weighted by atomic mass is 10.0. The lowest BCUT2D eigenvalue weighted by Gasteiger charge is -2.24. The number of nitro groups is 1. The van der Waals surface area contributed by atoms with Gasteiger partial charge in [0.05, 0.1) is 11.3 Å². The van der Waals surface area contributed by atoms with Crippen molar-refractivity contribution in [1.29, 1.82) is 0 Å². The second-order valence-corrected chi connectivity index (χ2v) is 4.24. The first kappa shape index (κ1) is 12.9. The SMILES string of the molecule is CC(C)(CC(=O)O)Nc1ccc([N+](=O)[O-])cn1. The zero-order valence-corrected chi connectivity index (χ0v) is 9.51. The molecule has 0 aliphatic rings. The molecule has 17 heavy (non-hydrogen) atoms. The van der Waals surface area contributed by atoms with Gasteiger partial charge in [-0.15, -0.1) is 0 Å². The van der Waals surface area contributed by atoms with E-state index in [4.69, 9.17) is 5.11 Å². The summed E-state index contributed by atoms with van der Waals surface area (Å²) < 4.78 is 0. The zero-order chi connectivity index (χ0) is 13.1. The normalized spacial score (nSPS) is 10.9. The first-order valence-corrected chi connectivity index (χ1v) is 4.90. The fourth-order valence-electron chi connectivity index (χ4n) is 1.34. The molecule has 7 nitrogen and oxygen atoms in total. The molecule has 0 bridgehead atoms. The third-order valence-corrected chi connectivity index (χ3v) is 2.02. The van der Waals surface area contributed by atoms with Crippen molar-refractivity contribution in [3.63, 3.8) is 0 Å². The lowest BCUT2D eigenvalue weighted by Crippen LogP contribution is -2.33. The van der Waals surface area contributed by atoms with E-state index >= 15 is 0 Å². The standard InChI is InChI=1S/C10H13N3O4/c1-10(2,5-9(14)15)12-8-4-3-7(6-11-8)13(16)17/h3-4,6H,5H2,1-2H3,(H,11,12)(H,14,15). The van der Waals surface area contributed by atoms with Crippen LogP contribution in [0.2, 0.25) is 0 Å². The number of hydrogen-bond acceptors (Lipinski definition) is 5. The highest BCUT2D eigenvalue weighted by atomic mass is 16.6. The number of carbonyl (C=O) groups is 1. The minimum absolute atomic E-state index is 0.0777. The van der Waals surface area contributed by atoms with Crippen molar-refractivity contribution in [2.45, 2.75) is 25.8 Å². The van der Waals surface area contributed by atoms with Gasteiger partial charge in [-0.05, 0) is 19.9 Å². The van der Waals surface area contributed by atoms with Crippen LogP contribution in [0.4, 0.5) is 11.5 Å². The molecule has 1 rings (SSSR count). The van der Waals surface area contributed by atoms with Crippen molar-refractivity contribution in [3.05, 3.63) is 28.4 Å². The van der Waals surface area contributed by atoms with Crippen LogP contribution in [0.3, 0.4) is 0 Å². The molecule has 92 valence electrons. The smallest absolute Gasteiger partial charge is 0.305 e. The number of carboxylic acids is 1. The average molecular weight is 239 g/mol. The van der Waals surface area contributed by atoms with Crippen LogP contribution in [0.25, 0.3) is 0 Å². The molecule has 0 atom stereocenters. The van der Waals surface area contributed by atoms with E-state index in [0.29, 0.717) is 5.82 Å². The van der Waals surface area contributed by atoms with Gasteiger partial charge in [-0.2, -0.15) is 0 Å². The van der Waals surface area contributed by atoms with Crippen molar-refractivity contribution in [2.24, 2.45) is 0 Å². The van der Waals surface area contributed by atoms with Gasteiger partial charge in [0.2, 0.25) is 0 Å². The van der Waals surface area contributed by atoms with Gasteiger partial charge in [0, 0.05) is 11.6 Å². The van der Waals surface area contributed by atoms with Crippen molar-refractivity contribution in [3.8, 4) is 0 Å². The second-order valence-electron chi connectivity index (χ2n) is 4.24. The Balaban J connectivity index is 2.75. The molecule has 0 spiro atoms. The van der Waals surface area contributed by atoms with E-state index < -0.39 is 16.4 Å². The molecule has 0 radical (unpaired) electrons. The van der Waals surface area contributed by atoms with E-state index in [9.17, 15) is 14.9 Å². The summed E-state index contributed by atoms with van der Waals surface area (Å²) >= 11 is 0. The number of aliphatic carboxylic acids is 1. The van der Waals surface area contributed by atoms with Crippen molar-refractivity contribution >= 4 is 17.5 Å². The Bertz CT molecular complexity index is 428. The molecule has 0 saturated carbocycles. The summed E-state index contributed by atoms with van der Waals surface area (Å²) in [6.45, 7) is 3.43. The summed E-state index contributed by atoms with van der Waals surface area (Å²) in [5, 5.41) is 22.0. The minimum atomic E-state index is -0.926. The summed E-state index contributed by atoms with van der Waals surface area (Å²) in [5.41, 5.74) is -0.777. The van der Waals surface area contributed by atoms with Crippen molar-refractivity contribution in [1.82, 2.24) is 4.98 Å². The van der Waals surface area contributed by atoms with E-state index in [-0.39, 0.29) is 12.1 Å². The molecule has 7 heteroatoms. The molecule has 0 saturated heterocycles. The molecular formula is C10H13N3O4. The topological polar surface area (TPSA) is 105 Å². The van der Waals surface area contributed by atoms with Gasteiger partial charge in [-0.3, -0.25) is 14.9 Å². The van der Waals surface area contributed by atoms with Crippen LogP contribution >= 0.6 is 0 Å². The highest BCUT2D eigenvalue weighted by Gasteiger charge is 2.22. The van der Waals surface area contributed by atoms with E-state index in [2.05, 4.69) is 10.3 Å². The van der Waals surface area contributed by atoms with Gasteiger partial charge in [0.15, 0.2) is 0 Å². The Labute approximate surface area is 97.6 Å². The third-order valence-electron chi connectivity index (χ3n) is 2.02. The van der Waals surface area contributed by atoms with E-state index in [1.165, 1.54) is 12.1 Å². The molecule has 0 aliphatic carbocycles. The van der Waals surface area contributed by atoms with Crippen LogP contribution in [0.1, 0.15) is 20.3 Å². The number of hydrogen-bond donors (Lipinski definition) is 2. The molecule has 1 aromatic rings. The Morgan fingerprint density at radius 1 is 1.59 bits per heavy atom.